The fourth-order valence-corrected chi connectivity index (χ4v) is 1.41. The molecular weight excluding hydrogens is 166 g/mol. The summed E-state index contributed by atoms with van der Waals surface area (Å²) in [6.45, 7) is 7.53. The average molecular weight is 183 g/mol. The first-order chi connectivity index (χ1) is 6.16. The van der Waals surface area contributed by atoms with Gasteiger partial charge in [-0.05, 0) is 26.8 Å². The van der Waals surface area contributed by atoms with Gasteiger partial charge in [-0.2, -0.15) is 0 Å². The molecular formula is C9H17N3O. The summed E-state index contributed by atoms with van der Waals surface area (Å²) >= 11 is 0. The van der Waals surface area contributed by atoms with Crippen LogP contribution in [0.1, 0.15) is 19.8 Å². The van der Waals surface area contributed by atoms with Crippen molar-refractivity contribution >= 4 is 13.1 Å². The van der Waals surface area contributed by atoms with Gasteiger partial charge in [0, 0.05) is 19.8 Å². The van der Waals surface area contributed by atoms with Crippen LogP contribution >= 0.6 is 0 Å². The average Bonchev–Trinajstić information content (AvgIpc) is 2.12. The van der Waals surface area contributed by atoms with Crippen LogP contribution < -0.4 is 0 Å². The second kappa shape index (κ2) is 4.37. The molecule has 0 atom stereocenters. The number of hydrogen-bond donors (Lipinski definition) is 0. The van der Waals surface area contributed by atoms with Crippen molar-refractivity contribution in [2.75, 3.05) is 20.1 Å². The molecule has 4 nitrogen and oxygen atoms in total. The van der Waals surface area contributed by atoms with Crippen molar-refractivity contribution < 1.29 is 4.84 Å². The van der Waals surface area contributed by atoms with Gasteiger partial charge in [0.05, 0.1) is 5.54 Å². The number of likely N-dealkylation sites (tertiary alicyclic amines) is 1. The molecule has 1 fully saturated rings. The number of nitrogens with zero attached hydrogens (tertiary/aromatic N) is 3. The third-order valence-electron chi connectivity index (χ3n) is 2.55. The summed E-state index contributed by atoms with van der Waals surface area (Å²) in [5.74, 6) is 0. The Morgan fingerprint density at radius 1 is 1.46 bits per heavy atom. The lowest BCUT2D eigenvalue weighted by molar-refractivity contribution is 0.201. The predicted molar refractivity (Wildman–Crippen MR) is 54.3 cm³/mol. The number of hydrogen-bond acceptors (Lipinski definition) is 4. The van der Waals surface area contributed by atoms with E-state index in [1.54, 1.807) is 0 Å². The summed E-state index contributed by atoms with van der Waals surface area (Å²) in [4.78, 5) is 11.3. The maximum Gasteiger partial charge on any atom is 0.207 e. The highest BCUT2D eigenvalue weighted by Gasteiger charge is 2.27. The lowest BCUT2D eigenvalue weighted by Gasteiger charge is -2.34. The molecule has 1 rings (SSSR count). The summed E-state index contributed by atoms with van der Waals surface area (Å²) in [6.07, 6.45) is 3.53. The van der Waals surface area contributed by atoms with Crippen LogP contribution in [0.2, 0.25) is 0 Å². The van der Waals surface area contributed by atoms with E-state index in [0.29, 0.717) is 0 Å². The van der Waals surface area contributed by atoms with Gasteiger partial charge in [-0.1, -0.05) is 5.16 Å². The van der Waals surface area contributed by atoms with Crippen molar-refractivity contribution in [2.24, 2.45) is 10.1 Å². The van der Waals surface area contributed by atoms with E-state index in [-0.39, 0.29) is 5.54 Å². The molecule has 74 valence electrons. The molecule has 13 heavy (non-hydrogen) atoms. The van der Waals surface area contributed by atoms with Gasteiger partial charge in [0.1, 0.15) is 0 Å². The minimum atomic E-state index is 0.0250. The quantitative estimate of drug-likeness (QED) is 0.373. The first kappa shape index (κ1) is 10.2. The van der Waals surface area contributed by atoms with E-state index in [1.165, 1.54) is 6.40 Å². The molecule has 0 aromatic heterocycles. The van der Waals surface area contributed by atoms with E-state index in [1.807, 2.05) is 0 Å². The first-order valence-electron chi connectivity index (χ1n) is 4.50. The van der Waals surface area contributed by atoms with E-state index in [4.69, 9.17) is 0 Å². The van der Waals surface area contributed by atoms with E-state index in [2.05, 4.69) is 40.6 Å². The van der Waals surface area contributed by atoms with Crippen LogP contribution in [0.4, 0.5) is 0 Å². The lowest BCUT2D eigenvalue weighted by atomic mass is 9.91. The van der Waals surface area contributed by atoms with Crippen LogP contribution in [0.15, 0.2) is 10.1 Å². The number of piperidine rings is 1. The van der Waals surface area contributed by atoms with Crippen LogP contribution in [0.3, 0.4) is 0 Å². The lowest BCUT2D eigenvalue weighted by Crippen LogP contribution is -2.39. The molecule has 1 aliphatic heterocycles. The minimum absolute atomic E-state index is 0.0250. The summed E-state index contributed by atoms with van der Waals surface area (Å²) in [6, 6.07) is 0. The predicted octanol–water partition coefficient (Wildman–Crippen LogP) is 1.13. The largest absolute Gasteiger partial charge is 0.346 e. The van der Waals surface area contributed by atoms with Crippen LogP contribution in [0.5, 0.6) is 0 Å². The van der Waals surface area contributed by atoms with Crippen LogP contribution in [-0.2, 0) is 4.84 Å². The topological polar surface area (TPSA) is 37.2 Å². The fourth-order valence-electron chi connectivity index (χ4n) is 1.41. The Balaban J connectivity index is 2.42. The van der Waals surface area contributed by atoms with Gasteiger partial charge in [-0.25, -0.2) is 4.99 Å². The molecule has 0 bridgehead atoms. The number of oxime groups is 1. The second-order valence-electron chi connectivity index (χ2n) is 3.77. The molecule has 0 spiro atoms. The third kappa shape index (κ3) is 3.14. The van der Waals surface area contributed by atoms with Crippen LogP contribution in [0.25, 0.3) is 0 Å². The SMILES string of the molecule is C=NO/C=N/C1(C)CCN(C)CC1. The second-order valence-corrected chi connectivity index (χ2v) is 3.77. The first-order valence-corrected chi connectivity index (χ1v) is 4.50. The van der Waals surface area contributed by atoms with Crippen molar-refractivity contribution in [1.29, 1.82) is 0 Å². The molecule has 0 aromatic carbocycles. The Morgan fingerprint density at radius 2 is 2.08 bits per heavy atom. The van der Waals surface area contributed by atoms with Gasteiger partial charge in [-0.15, -0.1) is 0 Å². The number of rotatable bonds is 3. The Bertz CT molecular complexity index is 195. The van der Waals surface area contributed by atoms with Crippen molar-refractivity contribution in [3.8, 4) is 0 Å². The van der Waals surface area contributed by atoms with Crippen LogP contribution in [0, 0.1) is 0 Å². The van der Waals surface area contributed by atoms with E-state index < -0.39 is 0 Å². The van der Waals surface area contributed by atoms with Gasteiger partial charge in [-0.3, -0.25) is 0 Å². The van der Waals surface area contributed by atoms with Gasteiger partial charge in [0.2, 0.25) is 6.40 Å². The van der Waals surface area contributed by atoms with E-state index >= 15 is 0 Å². The molecule has 0 aliphatic carbocycles. The Morgan fingerprint density at radius 3 is 2.62 bits per heavy atom. The Kier molecular flexibility index (Phi) is 3.42. The molecule has 0 aromatic rings. The van der Waals surface area contributed by atoms with Gasteiger partial charge < -0.3 is 9.74 Å². The van der Waals surface area contributed by atoms with Gasteiger partial charge in [0.15, 0.2) is 0 Å². The highest BCUT2D eigenvalue weighted by Crippen LogP contribution is 2.24. The minimum Gasteiger partial charge on any atom is -0.346 e. The number of aliphatic imine (C=N–C) groups is 1. The monoisotopic (exact) mass is 183 g/mol. The van der Waals surface area contributed by atoms with Crippen molar-refractivity contribution in [3.63, 3.8) is 0 Å². The molecule has 0 N–H and O–H groups in total. The molecule has 0 unspecified atom stereocenters. The highest BCUT2D eigenvalue weighted by atomic mass is 16.6. The van der Waals surface area contributed by atoms with Crippen molar-refractivity contribution in [2.45, 2.75) is 25.3 Å². The molecule has 1 heterocycles. The third-order valence-corrected chi connectivity index (χ3v) is 2.55. The zero-order valence-corrected chi connectivity index (χ0v) is 8.36. The molecule has 0 amide bonds. The molecule has 0 saturated carbocycles. The molecule has 4 heteroatoms. The standard InChI is InChI=1S/C9H17N3O/c1-9(11-8-13-10-2)4-6-12(3)7-5-9/h8H,2,4-7H2,1,3H3/b11-8+. The molecule has 0 radical (unpaired) electrons. The van der Waals surface area contributed by atoms with Crippen molar-refractivity contribution in [1.82, 2.24) is 4.90 Å². The maximum atomic E-state index is 4.64. The van der Waals surface area contributed by atoms with E-state index in [9.17, 15) is 0 Å². The Hall–Kier alpha value is -0.900. The summed E-state index contributed by atoms with van der Waals surface area (Å²) in [5.41, 5.74) is 0.0250. The fraction of sp³-hybridized carbons (Fsp3) is 0.778. The molecule has 1 aliphatic rings. The van der Waals surface area contributed by atoms with Gasteiger partial charge >= 0.3 is 0 Å². The zero-order valence-electron chi connectivity index (χ0n) is 8.36. The maximum absolute atomic E-state index is 4.64. The zero-order chi connectivity index (χ0) is 9.73. The normalized spacial score (nSPS) is 23.2. The highest BCUT2D eigenvalue weighted by molar-refractivity contribution is 5.47. The van der Waals surface area contributed by atoms with Crippen molar-refractivity contribution in [3.05, 3.63) is 0 Å². The van der Waals surface area contributed by atoms with E-state index in [0.717, 1.165) is 25.9 Å². The summed E-state index contributed by atoms with van der Waals surface area (Å²) in [5, 5.41) is 3.26. The van der Waals surface area contributed by atoms with Crippen LogP contribution in [-0.4, -0.2) is 43.7 Å². The summed E-state index contributed by atoms with van der Waals surface area (Å²) < 4.78 is 0. The Labute approximate surface area is 79.3 Å². The molecule has 1 saturated heterocycles. The summed E-state index contributed by atoms with van der Waals surface area (Å²) in [7, 11) is 2.13. The smallest absolute Gasteiger partial charge is 0.207 e. The van der Waals surface area contributed by atoms with Gasteiger partial charge in [0.25, 0.3) is 0 Å².